The summed E-state index contributed by atoms with van der Waals surface area (Å²) in [5, 5.41) is 5.60. The van der Waals surface area contributed by atoms with Crippen molar-refractivity contribution in [1.82, 2.24) is 0 Å². The molecular weight excluding hydrogens is 448 g/mol. The lowest BCUT2D eigenvalue weighted by atomic mass is 9.95. The van der Waals surface area contributed by atoms with E-state index in [2.05, 4.69) is 59.5 Å². The van der Waals surface area contributed by atoms with Crippen LogP contribution < -0.4 is 22.1 Å². The second kappa shape index (κ2) is 8.38. The second-order valence-electron chi connectivity index (χ2n) is 8.60. The average Bonchev–Trinajstić information content (AvgIpc) is 3.30. The molecule has 0 spiro atoms. The van der Waals surface area contributed by atoms with E-state index in [-0.39, 0.29) is 0 Å². The summed E-state index contributed by atoms with van der Waals surface area (Å²) in [6.07, 6.45) is 0. The lowest BCUT2D eigenvalue weighted by Gasteiger charge is -2.26. The number of hydrogen-bond donors (Lipinski definition) is 3. The molecule has 0 aliphatic carbocycles. The molecule has 1 aromatic heterocycles. The SMILES string of the molecule is Nc1ccc(N(c2ccc(N)cc2)c2ccc3cc4ccccc4c(-c4ccc(N)s4)c3c2)cc1. The summed E-state index contributed by atoms with van der Waals surface area (Å²) in [7, 11) is 0. The van der Waals surface area contributed by atoms with Gasteiger partial charge in [0, 0.05) is 38.9 Å². The summed E-state index contributed by atoms with van der Waals surface area (Å²) >= 11 is 1.62. The molecule has 0 unspecified atom stereocenters. The van der Waals surface area contributed by atoms with Crippen LogP contribution in [0.3, 0.4) is 0 Å². The van der Waals surface area contributed by atoms with Gasteiger partial charge in [-0.3, -0.25) is 0 Å². The van der Waals surface area contributed by atoms with E-state index in [4.69, 9.17) is 17.2 Å². The van der Waals surface area contributed by atoms with Crippen LogP contribution in [0.5, 0.6) is 0 Å². The molecule has 5 heteroatoms. The Kier molecular flexibility index (Phi) is 5.05. The molecule has 0 bridgehead atoms. The molecule has 0 aliphatic heterocycles. The van der Waals surface area contributed by atoms with Crippen molar-refractivity contribution in [2.45, 2.75) is 0 Å². The predicted octanol–water partition coefficient (Wildman–Crippen LogP) is 7.94. The monoisotopic (exact) mass is 472 g/mol. The molecular formula is C30H24N4S. The molecule has 0 atom stereocenters. The minimum absolute atomic E-state index is 0.730. The Hall–Kier alpha value is -4.48. The summed E-state index contributed by atoms with van der Waals surface area (Å²) < 4.78 is 0. The smallest absolute Gasteiger partial charge is 0.0862 e. The molecule has 0 radical (unpaired) electrons. The van der Waals surface area contributed by atoms with E-state index in [1.807, 2.05) is 54.6 Å². The fraction of sp³-hybridized carbons (Fsp3) is 0. The first kappa shape index (κ1) is 21.1. The lowest BCUT2D eigenvalue weighted by Crippen LogP contribution is -2.10. The maximum absolute atomic E-state index is 6.15. The van der Waals surface area contributed by atoms with Gasteiger partial charge in [-0.1, -0.05) is 30.3 Å². The second-order valence-corrected chi connectivity index (χ2v) is 9.71. The van der Waals surface area contributed by atoms with E-state index in [1.165, 1.54) is 27.1 Å². The van der Waals surface area contributed by atoms with Crippen LogP contribution in [0.15, 0.2) is 109 Å². The van der Waals surface area contributed by atoms with Gasteiger partial charge < -0.3 is 22.1 Å². The van der Waals surface area contributed by atoms with Crippen LogP contribution in [0, 0.1) is 0 Å². The summed E-state index contributed by atoms with van der Waals surface area (Å²) in [5.74, 6) is 0. The largest absolute Gasteiger partial charge is 0.399 e. The van der Waals surface area contributed by atoms with E-state index < -0.39 is 0 Å². The van der Waals surface area contributed by atoms with Gasteiger partial charge in [-0.15, -0.1) is 11.3 Å². The molecule has 6 aromatic rings. The van der Waals surface area contributed by atoms with Crippen molar-refractivity contribution in [3.8, 4) is 10.4 Å². The van der Waals surface area contributed by atoms with E-state index >= 15 is 0 Å². The lowest BCUT2D eigenvalue weighted by molar-refractivity contribution is 1.29. The van der Waals surface area contributed by atoms with Gasteiger partial charge in [0.15, 0.2) is 0 Å². The van der Waals surface area contributed by atoms with Gasteiger partial charge in [-0.25, -0.2) is 0 Å². The number of anilines is 6. The molecule has 0 amide bonds. The molecule has 0 aliphatic rings. The molecule has 0 saturated heterocycles. The third-order valence-electron chi connectivity index (χ3n) is 6.28. The zero-order valence-corrected chi connectivity index (χ0v) is 19.8. The number of rotatable bonds is 4. The predicted molar refractivity (Wildman–Crippen MR) is 153 cm³/mol. The highest BCUT2D eigenvalue weighted by molar-refractivity contribution is 7.19. The molecule has 1 heterocycles. The summed E-state index contributed by atoms with van der Waals surface area (Å²) in [6.45, 7) is 0. The van der Waals surface area contributed by atoms with Crippen molar-refractivity contribution in [2.75, 3.05) is 22.1 Å². The standard InChI is InChI=1S/C30H24N4S/c31-21-6-11-23(12-7-21)34(24-13-8-22(32)9-14-24)25-10-5-20-17-19-3-1-2-4-26(19)30(27(20)18-25)28-15-16-29(33)35-28/h1-18H,31-33H2. The quantitative estimate of drug-likeness (QED) is 0.180. The highest BCUT2D eigenvalue weighted by Gasteiger charge is 2.16. The third kappa shape index (κ3) is 3.82. The molecule has 6 rings (SSSR count). The zero-order chi connectivity index (χ0) is 23.9. The van der Waals surface area contributed by atoms with Gasteiger partial charge in [0.05, 0.1) is 5.00 Å². The Morgan fingerprint density at radius 1 is 0.514 bits per heavy atom. The van der Waals surface area contributed by atoms with Crippen molar-refractivity contribution in [1.29, 1.82) is 0 Å². The number of thiophene rings is 1. The summed E-state index contributed by atoms with van der Waals surface area (Å²) in [4.78, 5) is 3.38. The van der Waals surface area contributed by atoms with Crippen molar-refractivity contribution >= 4 is 66.3 Å². The molecule has 6 N–H and O–H groups in total. The fourth-order valence-corrected chi connectivity index (χ4v) is 5.48. The van der Waals surface area contributed by atoms with Crippen LogP contribution in [0.1, 0.15) is 0 Å². The van der Waals surface area contributed by atoms with E-state index in [0.717, 1.165) is 38.3 Å². The van der Waals surface area contributed by atoms with Crippen LogP contribution in [0.4, 0.5) is 33.4 Å². The van der Waals surface area contributed by atoms with E-state index in [0.29, 0.717) is 0 Å². The van der Waals surface area contributed by atoms with Crippen LogP contribution in [-0.4, -0.2) is 0 Å². The number of nitrogen functional groups attached to an aromatic ring is 3. The molecule has 0 fully saturated rings. The average molecular weight is 473 g/mol. The topological polar surface area (TPSA) is 81.3 Å². The van der Waals surface area contributed by atoms with Crippen LogP contribution >= 0.6 is 11.3 Å². The van der Waals surface area contributed by atoms with E-state index in [9.17, 15) is 0 Å². The Morgan fingerprint density at radius 3 is 1.74 bits per heavy atom. The van der Waals surface area contributed by atoms with Crippen molar-refractivity contribution in [3.05, 3.63) is 109 Å². The van der Waals surface area contributed by atoms with Crippen LogP contribution in [-0.2, 0) is 0 Å². The number of nitrogens with two attached hydrogens (primary N) is 3. The minimum atomic E-state index is 0.730. The van der Waals surface area contributed by atoms with Gasteiger partial charge >= 0.3 is 0 Å². The first-order valence-corrected chi connectivity index (χ1v) is 12.2. The summed E-state index contributed by atoms with van der Waals surface area (Å²) in [6, 6.07) is 37.3. The molecule has 4 nitrogen and oxygen atoms in total. The number of fused-ring (bicyclic) bond motifs is 2. The zero-order valence-electron chi connectivity index (χ0n) is 19.0. The fourth-order valence-electron chi connectivity index (χ4n) is 4.64. The molecule has 35 heavy (non-hydrogen) atoms. The first-order valence-electron chi connectivity index (χ1n) is 11.4. The van der Waals surface area contributed by atoms with Gasteiger partial charge in [0.25, 0.3) is 0 Å². The van der Waals surface area contributed by atoms with Crippen molar-refractivity contribution in [2.24, 2.45) is 0 Å². The van der Waals surface area contributed by atoms with Crippen molar-refractivity contribution in [3.63, 3.8) is 0 Å². The van der Waals surface area contributed by atoms with Gasteiger partial charge in [-0.05, 0) is 100 Å². The maximum atomic E-state index is 6.15. The first-order chi connectivity index (χ1) is 17.1. The molecule has 170 valence electrons. The van der Waals surface area contributed by atoms with Crippen LogP contribution in [0.2, 0.25) is 0 Å². The molecule has 0 saturated carbocycles. The maximum Gasteiger partial charge on any atom is 0.0862 e. The van der Waals surface area contributed by atoms with Gasteiger partial charge in [-0.2, -0.15) is 0 Å². The van der Waals surface area contributed by atoms with Crippen molar-refractivity contribution < 1.29 is 0 Å². The molecule has 5 aromatic carbocycles. The Morgan fingerprint density at radius 2 is 1.11 bits per heavy atom. The Bertz CT molecular complexity index is 1620. The van der Waals surface area contributed by atoms with Gasteiger partial charge in [0.1, 0.15) is 0 Å². The number of nitrogens with zero attached hydrogens (tertiary/aromatic N) is 1. The number of benzene rings is 5. The minimum Gasteiger partial charge on any atom is -0.399 e. The number of hydrogen-bond acceptors (Lipinski definition) is 5. The van der Waals surface area contributed by atoms with Crippen LogP contribution in [0.25, 0.3) is 32.0 Å². The Labute approximate surface area is 207 Å². The Balaban J connectivity index is 1.63. The van der Waals surface area contributed by atoms with E-state index in [1.54, 1.807) is 11.3 Å². The van der Waals surface area contributed by atoms with Gasteiger partial charge in [0.2, 0.25) is 0 Å². The highest BCUT2D eigenvalue weighted by Crippen LogP contribution is 2.43. The third-order valence-corrected chi connectivity index (χ3v) is 7.21. The highest BCUT2D eigenvalue weighted by atomic mass is 32.1. The summed E-state index contributed by atoms with van der Waals surface area (Å²) in [5.41, 5.74) is 23.9. The normalized spacial score (nSPS) is 11.2.